The van der Waals surface area contributed by atoms with Gasteiger partial charge < -0.3 is 5.32 Å². The summed E-state index contributed by atoms with van der Waals surface area (Å²) >= 11 is 12.6. The number of nitrogens with zero attached hydrogens (tertiary/aromatic N) is 1. The molecular weight excluding hydrogens is 424 g/mol. The third-order valence-corrected chi connectivity index (χ3v) is 6.07. The summed E-state index contributed by atoms with van der Waals surface area (Å²) in [6, 6.07) is 15.1. The monoisotopic (exact) mass is 444 g/mol. The number of halogens is 1. The van der Waals surface area contributed by atoms with Crippen LogP contribution in [-0.2, 0) is 16.0 Å². The van der Waals surface area contributed by atoms with Crippen LogP contribution in [-0.4, -0.2) is 27.6 Å². The summed E-state index contributed by atoms with van der Waals surface area (Å²) in [6.45, 7) is 2.52. The first-order chi connectivity index (χ1) is 14.0. The number of rotatable bonds is 7. The second kappa shape index (κ2) is 10.1. The Labute approximate surface area is 185 Å². The molecule has 0 spiro atoms. The zero-order valence-corrected chi connectivity index (χ0v) is 18.4. The SMILES string of the molecule is CCc1ccc(/C=C2/SC(=S)N(CCCC(=O)Nc3cccc(Cl)c3)C2=O)cc1. The van der Waals surface area contributed by atoms with Gasteiger partial charge in [0.2, 0.25) is 5.91 Å². The standard InChI is InChI=1S/C22H21ClN2O2S2/c1-2-15-8-10-16(11-9-15)13-19-21(27)25(22(28)29-19)12-4-7-20(26)24-18-6-3-5-17(23)14-18/h3,5-6,8-11,13-14H,2,4,7,12H2,1H3,(H,24,26)/b19-13+. The first-order valence-electron chi connectivity index (χ1n) is 9.36. The minimum atomic E-state index is -0.121. The molecule has 1 fully saturated rings. The maximum atomic E-state index is 12.7. The second-order valence-electron chi connectivity index (χ2n) is 6.59. The van der Waals surface area contributed by atoms with E-state index in [1.807, 2.05) is 18.2 Å². The number of hydrogen-bond donors (Lipinski definition) is 1. The highest BCUT2D eigenvalue weighted by Crippen LogP contribution is 2.32. The van der Waals surface area contributed by atoms with E-state index < -0.39 is 0 Å². The summed E-state index contributed by atoms with van der Waals surface area (Å²) in [6.07, 6.45) is 3.66. The highest BCUT2D eigenvalue weighted by molar-refractivity contribution is 8.26. The third-order valence-electron chi connectivity index (χ3n) is 4.45. The Kier molecular flexibility index (Phi) is 7.47. The van der Waals surface area contributed by atoms with Gasteiger partial charge in [-0.2, -0.15) is 0 Å². The third kappa shape index (κ3) is 5.92. The molecule has 0 aromatic heterocycles. The van der Waals surface area contributed by atoms with Gasteiger partial charge in [0.05, 0.1) is 4.91 Å². The van der Waals surface area contributed by atoms with Crippen molar-refractivity contribution in [2.75, 3.05) is 11.9 Å². The largest absolute Gasteiger partial charge is 0.326 e. The molecule has 0 unspecified atom stereocenters. The molecule has 1 saturated heterocycles. The van der Waals surface area contributed by atoms with Crippen molar-refractivity contribution in [3.05, 3.63) is 69.6 Å². The molecule has 2 aromatic rings. The van der Waals surface area contributed by atoms with Crippen LogP contribution in [0.2, 0.25) is 5.02 Å². The lowest BCUT2D eigenvalue weighted by Gasteiger charge is -2.14. The predicted octanol–water partition coefficient (Wildman–Crippen LogP) is 5.52. The maximum absolute atomic E-state index is 12.7. The summed E-state index contributed by atoms with van der Waals surface area (Å²) in [7, 11) is 0. The highest BCUT2D eigenvalue weighted by Gasteiger charge is 2.31. The number of carbonyl (C=O) groups is 2. The molecule has 0 bridgehead atoms. The smallest absolute Gasteiger partial charge is 0.266 e. The van der Waals surface area contributed by atoms with Gasteiger partial charge in [0, 0.05) is 23.7 Å². The molecule has 3 rings (SSSR count). The van der Waals surface area contributed by atoms with Crippen molar-refractivity contribution in [2.24, 2.45) is 0 Å². The van der Waals surface area contributed by atoms with Crippen LogP contribution >= 0.6 is 35.6 Å². The van der Waals surface area contributed by atoms with Crippen molar-refractivity contribution < 1.29 is 9.59 Å². The summed E-state index contributed by atoms with van der Waals surface area (Å²) in [5, 5.41) is 3.37. The fourth-order valence-corrected chi connectivity index (χ4v) is 4.38. The van der Waals surface area contributed by atoms with E-state index in [2.05, 4.69) is 24.4 Å². The molecule has 2 amide bonds. The minimum absolute atomic E-state index is 0.102. The number of aryl methyl sites for hydroxylation is 1. The molecule has 29 heavy (non-hydrogen) atoms. The van der Waals surface area contributed by atoms with Gasteiger partial charge in [0.1, 0.15) is 4.32 Å². The van der Waals surface area contributed by atoms with Gasteiger partial charge >= 0.3 is 0 Å². The van der Waals surface area contributed by atoms with Crippen molar-refractivity contribution in [1.29, 1.82) is 0 Å². The number of benzene rings is 2. The number of nitrogens with one attached hydrogen (secondary N) is 1. The Balaban J connectivity index is 1.53. The van der Waals surface area contributed by atoms with E-state index in [0.29, 0.717) is 39.3 Å². The molecule has 150 valence electrons. The number of carbonyl (C=O) groups excluding carboxylic acids is 2. The normalized spacial score (nSPS) is 15.2. The minimum Gasteiger partial charge on any atom is -0.326 e. The first kappa shape index (κ1) is 21.6. The van der Waals surface area contributed by atoms with E-state index in [-0.39, 0.29) is 11.8 Å². The lowest BCUT2D eigenvalue weighted by atomic mass is 10.1. The Hall–Kier alpha value is -2.15. The summed E-state index contributed by atoms with van der Waals surface area (Å²) in [4.78, 5) is 27.0. The summed E-state index contributed by atoms with van der Waals surface area (Å²) < 4.78 is 0.529. The molecule has 0 atom stereocenters. The van der Waals surface area contributed by atoms with Crippen LogP contribution < -0.4 is 5.32 Å². The predicted molar refractivity (Wildman–Crippen MR) is 125 cm³/mol. The zero-order chi connectivity index (χ0) is 20.8. The molecule has 0 radical (unpaired) electrons. The Morgan fingerprint density at radius 3 is 2.69 bits per heavy atom. The lowest BCUT2D eigenvalue weighted by molar-refractivity contribution is -0.122. The van der Waals surface area contributed by atoms with Gasteiger partial charge in [-0.05, 0) is 48.2 Å². The molecule has 7 heteroatoms. The Morgan fingerprint density at radius 1 is 1.24 bits per heavy atom. The number of thiocarbonyl (C=S) groups is 1. The van der Waals surface area contributed by atoms with Crippen LogP contribution in [0, 0.1) is 0 Å². The molecule has 4 nitrogen and oxygen atoms in total. The van der Waals surface area contributed by atoms with Crippen LogP contribution in [0.3, 0.4) is 0 Å². The van der Waals surface area contributed by atoms with Crippen LogP contribution in [0.1, 0.15) is 30.9 Å². The van der Waals surface area contributed by atoms with Gasteiger partial charge in [0.15, 0.2) is 0 Å². The van der Waals surface area contributed by atoms with Crippen LogP contribution in [0.25, 0.3) is 6.08 Å². The zero-order valence-electron chi connectivity index (χ0n) is 16.0. The van der Waals surface area contributed by atoms with Crippen LogP contribution in [0.5, 0.6) is 0 Å². The Morgan fingerprint density at radius 2 is 2.00 bits per heavy atom. The van der Waals surface area contributed by atoms with Gasteiger partial charge in [-0.1, -0.05) is 72.8 Å². The molecular formula is C22H21ClN2O2S2. The second-order valence-corrected chi connectivity index (χ2v) is 8.70. The number of thioether (sulfide) groups is 1. The van der Waals surface area contributed by atoms with E-state index in [4.69, 9.17) is 23.8 Å². The van der Waals surface area contributed by atoms with Gasteiger partial charge in [-0.15, -0.1) is 0 Å². The average Bonchev–Trinajstić information content (AvgIpc) is 2.96. The van der Waals surface area contributed by atoms with E-state index in [9.17, 15) is 9.59 Å². The molecule has 0 saturated carbocycles. The molecule has 0 aliphatic carbocycles. The summed E-state index contributed by atoms with van der Waals surface area (Å²) in [5.74, 6) is -0.223. The van der Waals surface area contributed by atoms with Crippen molar-refractivity contribution >= 4 is 63.5 Å². The van der Waals surface area contributed by atoms with Gasteiger partial charge in [0.25, 0.3) is 5.91 Å². The first-order valence-corrected chi connectivity index (χ1v) is 11.0. The van der Waals surface area contributed by atoms with E-state index >= 15 is 0 Å². The fourth-order valence-electron chi connectivity index (χ4n) is 2.88. The van der Waals surface area contributed by atoms with E-state index in [0.717, 1.165) is 12.0 Å². The highest BCUT2D eigenvalue weighted by atomic mass is 35.5. The molecule has 1 heterocycles. The van der Waals surface area contributed by atoms with Crippen molar-refractivity contribution in [3.63, 3.8) is 0 Å². The van der Waals surface area contributed by atoms with Crippen molar-refractivity contribution in [2.45, 2.75) is 26.2 Å². The van der Waals surface area contributed by atoms with Crippen molar-refractivity contribution in [1.82, 2.24) is 4.90 Å². The lowest BCUT2D eigenvalue weighted by Crippen LogP contribution is -2.29. The number of amides is 2. The fraction of sp³-hybridized carbons (Fsp3) is 0.227. The van der Waals surface area contributed by atoms with E-state index in [1.165, 1.54) is 17.3 Å². The molecule has 1 aliphatic heterocycles. The van der Waals surface area contributed by atoms with E-state index in [1.54, 1.807) is 29.2 Å². The Bertz CT molecular complexity index is 958. The molecule has 2 aromatic carbocycles. The average molecular weight is 445 g/mol. The maximum Gasteiger partial charge on any atom is 0.266 e. The molecule has 1 N–H and O–H groups in total. The summed E-state index contributed by atoms with van der Waals surface area (Å²) in [5.41, 5.74) is 2.89. The van der Waals surface area contributed by atoms with Gasteiger partial charge in [-0.3, -0.25) is 14.5 Å². The quantitative estimate of drug-likeness (QED) is 0.451. The van der Waals surface area contributed by atoms with Crippen molar-refractivity contribution in [3.8, 4) is 0 Å². The number of hydrogen-bond acceptors (Lipinski definition) is 4. The van der Waals surface area contributed by atoms with Crippen LogP contribution in [0.4, 0.5) is 5.69 Å². The van der Waals surface area contributed by atoms with Gasteiger partial charge in [-0.25, -0.2) is 0 Å². The molecule has 1 aliphatic rings. The van der Waals surface area contributed by atoms with Crippen LogP contribution in [0.15, 0.2) is 53.4 Å². The topological polar surface area (TPSA) is 49.4 Å². The number of anilines is 1.